The number of para-hydroxylation sites is 1. The van der Waals surface area contributed by atoms with Gasteiger partial charge in [-0.2, -0.15) is 0 Å². The van der Waals surface area contributed by atoms with Crippen LogP contribution in [-0.4, -0.2) is 19.5 Å². The van der Waals surface area contributed by atoms with Crippen molar-refractivity contribution in [3.05, 3.63) is 99.2 Å². The molecule has 0 spiro atoms. The van der Waals surface area contributed by atoms with Crippen molar-refractivity contribution in [3.8, 4) is 11.1 Å². The van der Waals surface area contributed by atoms with E-state index in [1.165, 1.54) is 23.1 Å². The van der Waals surface area contributed by atoms with Crippen molar-refractivity contribution >= 4 is 44.2 Å². The molecule has 1 N–H and O–H groups in total. The minimum Gasteiger partial charge on any atom is -0.309 e. The number of aromatic amines is 1. The van der Waals surface area contributed by atoms with Gasteiger partial charge in [0.1, 0.15) is 10.7 Å². The van der Waals surface area contributed by atoms with Gasteiger partial charge in [0, 0.05) is 17.5 Å². The Morgan fingerprint density at radius 3 is 2.66 bits per heavy atom. The Balaban J connectivity index is 1.50. The highest BCUT2D eigenvalue weighted by Crippen LogP contribution is 2.31. The molecule has 0 bridgehead atoms. The summed E-state index contributed by atoms with van der Waals surface area (Å²) in [7, 11) is 0. The molecule has 0 unspecified atom stereocenters. The molecule has 0 saturated carbocycles. The number of thiophene rings is 1. The molecule has 8 heteroatoms. The lowest BCUT2D eigenvalue weighted by molar-refractivity contribution is 0.671. The molecular weight excluding hydrogens is 440 g/mol. The summed E-state index contributed by atoms with van der Waals surface area (Å²) >= 11 is 2.82. The van der Waals surface area contributed by atoms with Crippen LogP contribution >= 0.6 is 23.1 Å². The third-order valence-corrected chi connectivity index (χ3v) is 6.91. The SMILES string of the molecule is C=CCn1c(SCc2nc3scc(-c4ccccc4)c3c(=O)[nH]2)nc2ccccc2c1=O. The Kier molecular flexibility index (Phi) is 5.46. The number of aromatic nitrogens is 4. The number of benzene rings is 2. The Morgan fingerprint density at radius 1 is 1.06 bits per heavy atom. The van der Waals surface area contributed by atoms with Crippen LogP contribution < -0.4 is 11.1 Å². The van der Waals surface area contributed by atoms with E-state index in [-0.39, 0.29) is 11.1 Å². The Bertz CT molecular complexity index is 1570. The second-order valence-corrected chi connectivity index (χ2v) is 8.91. The molecule has 3 heterocycles. The molecule has 2 aromatic carbocycles. The van der Waals surface area contributed by atoms with Crippen molar-refractivity contribution < 1.29 is 0 Å². The number of thioether (sulfide) groups is 1. The monoisotopic (exact) mass is 458 g/mol. The predicted octanol–water partition coefficient (Wildman–Crippen LogP) is 4.84. The van der Waals surface area contributed by atoms with Crippen molar-refractivity contribution in [3.63, 3.8) is 0 Å². The third-order valence-electron chi connectivity index (χ3n) is 5.05. The Hall–Kier alpha value is -3.49. The zero-order valence-electron chi connectivity index (χ0n) is 16.9. The minimum atomic E-state index is -0.166. The van der Waals surface area contributed by atoms with Crippen molar-refractivity contribution in [2.24, 2.45) is 0 Å². The summed E-state index contributed by atoms with van der Waals surface area (Å²) in [4.78, 5) is 38.7. The van der Waals surface area contributed by atoms with Gasteiger partial charge in [-0.1, -0.05) is 60.3 Å². The second kappa shape index (κ2) is 8.57. The molecule has 0 amide bonds. The number of hydrogen-bond donors (Lipinski definition) is 1. The fourth-order valence-electron chi connectivity index (χ4n) is 3.57. The lowest BCUT2D eigenvalue weighted by atomic mass is 10.1. The quantitative estimate of drug-likeness (QED) is 0.224. The van der Waals surface area contributed by atoms with Gasteiger partial charge in [-0.3, -0.25) is 14.2 Å². The van der Waals surface area contributed by atoms with E-state index in [1.807, 2.05) is 53.9 Å². The van der Waals surface area contributed by atoms with Gasteiger partial charge in [0.2, 0.25) is 0 Å². The number of hydrogen-bond acceptors (Lipinski definition) is 6. The number of H-pyrrole nitrogens is 1. The summed E-state index contributed by atoms with van der Waals surface area (Å²) in [5.74, 6) is 0.924. The molecular formula is C24H18N4O2S2. The van der Waals surface area contributed by atoms with Crippen molar-refractivity contribution in [2.75, 3.05) is 0 Å². The topological polar surface area (TPSA) is 80.6 Å². The van der Waals surface area contributed by atoms with E-state index in [1.54, 1.807) is 16.7 Å². The number of nitrogens with zero attached hydrogens (tertiary/aromatic N) is 3. The van der Waals surface area contributed by atoms with Crippen molar-refractivity contribution in [1.29, 1.82) is 0 Å². The largest absolute Gasteiger partial charge is 0.309 e. The molecule has 5 aromatic rings. The van der Waals surface area contributed by atoms with Crippen LogP contribution in [0, 0.1) is 0 Å². The molecule has 0 radical (unpaired) electrons. The smallest absolute Gasteiger partial charge is 0.262 e. The van der Waals surface area contributed by atoms with Gasteiger partial charge in [0.05, 0.1) is 22.0 Å². The summed E-state index contributed by atoms with van der Waals surface area (Å²) in [5.41, 5.74) is 2.24. The molecule has 0 aliphatic carbocycles. The molecule has 158 valence electrons. The molecule has 3 aromatic heterocycles. The molecule has 0 atom stereocenters. The van der Waals surface area contributed by atoms with E-state index < -0.39 is 0 Å². The maximum atomic E-state index is 12.9. The fraction of sp³-hybridized carbons (Fsp3) is 0.0833. The molecule has 6 nitrogen and oxygen atoms in total. The zero-order chi connectivity index (χ0) is 22.1. The third kappa shape index (κ3) is 3.68. The average Bonchev–Trinajstić information content (AvgIpc) is 3.25. The van der Waals surface area contributed by atoms with Gasteiger partial charge in [-0.25, -0.2) is 9.97 Å². The van der Waals surface area contributed by atoms with Gasteiger partial charge in [0.15, 0.2) is 5.16 Å². The average molecular weight is 459 g/mol. The standard InChI is InChI=1S/C24H18N4O2S2/c1-2-12-28-23(30)16-10-6-7-11-18(16)25-24(28)32-14-19-26-21(29)20-17(13-31-22(20)27-19)15-8-4-3-5-9-15/h2-11,13H,1,12,14H2,(H,26,27,29). The van der Waals surface area contributed by atoms with Gasteiger partial charge < -0.3 is 4.98 Å². The highest BCUT2D eigenvalue weighted by Gasteiger charge is 2.15. The first-order valence-electron chi connectivity index (χ1n) is 9.95. The highest BCUT2D eigenvalue weighted by atomic mass is 32.2. The van der Waals surface area contributed by atoms with Crippen LogP contribution in [0.15, 0.2) is 87.4 Å². The van der Waals surface area contributed by atoms with Crippen LogP contribution in [0.2, 0.25) is 0 Å². The van der Waals surface area contributed by atoms with Crippen LogP contribution in [0.25, 0.3) is 32.2 Å². The van der Waals surface area contributed by atoms with Crippen LogP contribution in [-0.2, 0) is 12.3 Å². The molecule has 0 aliphatic heterocycles. The molecule has 0 aliphatic rings. The first-order chi connectivity index (χ1) is 15.7. The first-order valence-corrected chi connectivity index (χ1v) is 11.8. The van der Waals surface area contributed by atoms with Gasteiger partial charge >= 0.3 is 0 Å². The number of nitrogens with one attached hydrogen (secondary N) is 1. The van der Waals surface area contributed by atoms with E-state index in [2.05, 4.69) is 21.5 Å². The van der Waals surface area contributed by atoms with Gasteiger partial charge in [0.25, 0.3) is 11.1 Å². The first kappa shape index (κ1) is 20.4. The van der Waals surface area contributed by atoms with E-state index in [0.29, 0.717) is 44.4 Å². The summed E-state index contributed by atoms with van der Waals surface area (Å²) in [6, 6.07) is 17.1. The maximum absolute atomic E-state index is 12.9. The van der Waals surface area contributed by atoms with Crippen molar-refractivity contribution in [2.45, 2.75) is 17.5 Å². The molecule has 32 heavy (non-hydrogen) atoms. The summed E-state index contributed by atoms with van der Waals surface area (Å²) in [6.45, 7) is 4.11. The highest BCUT2D eigenvalue weighted by molar-refractivity contribution is 7.98. The Labute approximate surface area is 191 Å². The van der Waals surface area contributed by atoms with E-state index in [0.717, 1.165) is 11.1 Å². The summed E-state index contributed by atoms with van der Waals surface area (Å²) in [6.07, 6.45) is 1.67. The van der Waals surface area contributed by atoms with Gasteiger partial charge in [-0.15, -0.1) is 17.9 Å². The summed E-state index contributed by atoms with van der Waals surface area (Å²) < 4.78 is 1.59. The van der Waals surface area contributed by atoms with Crippen LogP contribution in [0.4, 0.5) is 0 Å². The lowest BCUT2D eigenvalue weighted by Crippen LogP contribution is -2.22. The second-order valence-electron chi connectivity index (χ2n) is 7.11. The van der Waals surface area contributed by atoms with Gasteiger partial charge in [-0.05, 0) is 17.7 Å². The fourth-order valence-corrected chi connectivity index (χ4v) is 5.42. The zero-order valence-corrected chi connectivity index (χ0v) is 18.6. The number of allylic oxidation sites excluding steroid dienone is 1. The molecule has 5 rings (SSSR count). The van der Waals surface area contributed by atoms with Crippen LogP contribution in [0.5, 0.6) is 0 Å². The molecule has 0 saturated heterocycles. The van der Waals surface area contributed by atoms with E-state index in [9.17, 15) is 9.59 Å². The lowest BCUT2D eigenvalue weighted by Gasteiger charge is -2.11. The normalized spacial score (nSPS) is 11.2. The van der Waals surface area contributed by atoms with Crippen LogP contribution in [0.1, 0.15) is 5.82 Å². The van der Waals surface area contributed by atoms with Crippen molar-refractivity contribution in [1.82, 2.24) is 19.5 Å². The van der Waals surface area contributed by atoms with Crippen LogP contribution in [0.3, 0.4) is 0 Å². The Morgan fingerprint density at radius 2 is 1.84 bits per heavy atom. The summed E-state index contributed by atoms with van der Waals surface area (Å²) in [5, 5.41) is 3.69. The number of fused-ring (bicyclic) bond motifs is 2. The molecule has 0 fully saturated rings. The predicted molar refractivity (Wildman–Crippen MR) is 131 cm³/mol. The number of rotatable bonds is 6. The van der Waals surface area contributed by atoms with E-state index >= 15 is 0 Å². The van der Waals surface area contributed by atoms with E-state index in [4.69, 9.17) is 0 Å². The maximum Gasteiger partial charge on any atom is 0.262 e. The minimum absolute atomic E-state index is 0.110.